The lowest BCUT2D eigenvalue weighted by atomic mass is 10.1. The predicted octanol–water partition coefficient (Wildman–Crippen LogP) is 6.06. The average Bonchev–Trinajstić information content (AvgIpc) is 3.17. The van der Waals surface area contributed by atoms with Gasteiger partial charge < -0.3 is 15.4 Å². The highest BCUT2D eigenvalue weighted by atomic mass is 79.9. The Kier molecular flexibility index (Phi) is 7.38. The van der Waals surface area contributed by atoms with Crippen LogP contribution < -0.4 is 15.4 Å². The van der Waals surface area contributed by atoms with Crippen LogP contribution in [0.1, 0.15) is 29.2 Å². The highest BCUT2D eigenvalue weighted by Gasteiger charge is 2.27. The number of thioether (sulfide) groups is 1. The van der Waals surface area contributed by atoms with Crippen LogP contribution in [0.25, 0.3) is 6.08 Å². The molecule has 1 amide bonds. The molecule has 166 valence electrons. The SMILES string of the molecule is CCc1ccc(N[C@@H]2NC(=O)/C(=C/c3ccc(OCc4ccccc4C#N)c(Br)c3)S2)cc1. The Labute approximate surface area is 206 Å². The van der Waals surface area contributed by atoms with Crippen molar-refractivity contribution in [1.29, 1.82) is 5.26 Å². The zero-order valence-electron chi connectivity index (χ0n) is 18.0. The molecule has 1 saturated heterocycles. The first-order chi connectivity index (χ1) is 16.1. The molecule has 1 aliphatic rings. The highest BCUT2D eigenvalue weighted by molar-refractivity contribution is 9.10. The Morgan fingerprint density at radius 3 is 2.70 bits per heavy atom. The molecule has 5 nitrogen and oxygen atoms in total. The van der Waals surface area contributed by atoms with E-state index in [2.05, 4.69) is 51.7 Å². The van der Waals surface area contributed by atoms with Gasteiger partial charge in [-0.3, -0.25) is 4.79 Å². The van der Waals surface area contributed by atoms with Crippen LogP contribution in [0.15, 0.2) is 76.1 Å². The van der Waals surface area contributed by atoms with Crippen LogP contribution in [0.3, 0.4) is 0 Å². The number of ether oxygens (including phenoxy) is 1. The van der Waals surface area contributed by atoms with Crippen molar-refractivity contribution in [2.45, 2.75) is 25.4 Å². The first-order valence-electron chi connectivity index (χ1n) is 10.5. The summed E-state index contributed by atoms with van der Waals surface area (Å²) in [5, 5.41) is 15.5. The topological polar surface area (TPSA) is 74.2 Å². The summed E-state index contributed by atoms with van der Waals surface area (Å²) in [5.41, 5.74) is 4.34. The molecule has 0 bridgehead atoms. The van der Waals surface area contributed by atoms with Gasteiger partial charge in [-0.2, -0.15) is 5.26 Å². The zero-order valence-corrected chi connectivity index (χ0v) is 20.4. The minimum atomic E-state index is -0.220. The second-order valence-corrected chi connectivity index (χ2v) is 9.42. The number of benzene rings is 3. The third kappa shape index (κ3) is 5.78. The van der Waals surface area contributed by atoms with Gasteiger partial charge >= 0.3 is 0 Å². The number of amides is 1. The summed E-state index contributed by atoms with van der Waals surface area (Å²) < 4.78 is 6.68. The summed E-state index contributed by atoms with van der Waals surface area (Å²) in [6.45, 7) is 2.42. The number of hydrogen-bond donors (Lipinski definition) is 2. The van der Waals surface area contributed by atoms with Crippen molar-refractivity contribution in [3.63, 3.8) is 0 Å². The van der Waals surface area contributed by atoms with Crippen molar-refractivity contribution in [3.05, 3.63) is 98.4 Å². The maximum absolute atomic E-state index is 12.4. The normalized spacial score (nSPS) is 16.3. The Hall–Kier alpha value is -3.21. The first-order valence-corrected chi connectivity index (χ1v) is 12.2. The van der Waals surface area contributed by atoms with Gasteiger partial charge in [0.25, 0.3) is 5.91 Å². The number of carbonyl (C=O) groups is 1. The number of nitriles is 1. The van der Waals surface area contributed by atoms with E-state index in [0.717, 1.165) is 27.7 Å². The van der Waals surface area contributed by atoms with E-state index in [4.69, 9.17) is 4.74 Å². The molecule has 33 heavy (non-hydrogen) atoms. The molecule has 1 aliphatic heterocycles. The van der Waals surface area contributed by atoms with Gasteiger partial charge in [-0.05, 0) is 69.9 Å². The van der Waals surface area contributed by atoms with Crippen molar-refractivity contribution in [3.8, 4) is 11.8 Å². The lowest BCUT2D eigenvalue weighted by molar-refractivity contribution is -0.116. The summed E-state index contributed by atoms with van der Waals surface area (Å²) >= 11 is 5.00. The molecule has 1 heterocycles. The van der Waals surface area contributed by atoms with Gasteiger partial charge in [0.1, 0.15) is 12.4 Å². The van der Waals surface area contributed by atoms with Gasteiger partial charge in [0.2, 0.25) is 0 Å². The van der Waals surface area contributed by atoms with Gasteiger partial charge in [0, 0.05) is 11.3 Å². The minimum Gasteiger partial charge on any atom is -0.488 e. The third-order valence-electron chi connectivity index (χ3n) is 5.17. The van der Waals surface area contributed by atoms with Crippen LogP contribution in [-0.4, -0.2) is 11.4 Å². The number of hydrogen-bond acceptors (Lipinski definition) is 5. The van der Waals surface area contributed by atoms with E-state index in [1.165, 1.54) is 17.3 Å². The first kappa shape index (κ1) is 23.0. The quantitative estimate of drug-likeness (QED) is 0.371. The molecule has 3 aromatic rings. The number of rotatable bonds is 7. The van der Waals surface area contributed by atoms with Gasteiger partial charge in [0.05, 0.1) is 21.0 Å². The molecule has 0 saturated carbocycles. The zero-order chi connectivity index (χ0) is 23.2. The second-order valence-electron chi connectivity index (χ2n) is 7.42. The summed E-state index contributed by atoms with van der Waals surface area (Å²) in [6, 6.07) is 23.4. The van der Waals surface area contributed by atoms with Crippen LogP contribution >= 0.6 is 27.7 Å². The number of nitrogens with zero attached hydrogens (tertiary/aromatic N) is 1. The van der Waals surface area contributed by atoms with E-state index in [1.807, 2.05) is 54.6 Å². The second kappa shape index (κ2) is 10.6. The number of carbonyl (C=O) groups excluding carboxylic acids is 1. The number of nitrogens with one attached hydrogen (secondary N) is 2. The fraction of sp³-hybridized carbons (Fsp3) is 0.154. The molecule has 0 unspecified atom stereocenters. The van der Waals surface area contributed by atoms with E-state index in [9.17, 15) is 10.1 Å². The van der Waals surface area contributed by atoms with Crippen molar-refractivity contribution >= 4 is 45.4 Å². The van der Waals surface area contributed by atoms with Gasteiger partial charge in [-0.1, -0.05) is 55.1 Å². The Balaban J connectivity index is 1.40. The van der Waals surface area contributed by atoms with Crippen LogP contribution in [0, 0.1) is 11.3 Å². The molecular formula is C26H22BrN3O2S. The van der Waals surface area contributed by atoms with Crippen molar-refractivity contribution in [1.82, 2.24) is 5.32 Å². The molecule has 0 aromatic heterocycles. The van der Waals surface area contributed by atoms with Crippen molar-refractivity contribution in [2.24, 2.45) is 0 Å². The molecule has 3 aromatic carbocycles. The third-order valence-corrected chi connectivity index (χ3v) is 6.81. The lowest BCUT2D eigenvalue weighted by Gasteiger charge is -2.13. The average molecular weight is 520 g/mol. The van der Waals surface area contributed by atoms with Gasteiger partial charge in [0.15, 0.2) is 5.50 Å². The van der Waals surface area contributed by atoms with E-state index in [-0.39, 0.29) is 11.4 Å². The number of aryl methyl sites for hydroxylation is 1. The van der Waals surface area contributed by atoms with Crippen LogP contribution in [0.5, 0.6) is 5.75 Å². The number of halogens is 1. The highest BCUT2D eigenvalue weighted by Crippen LogP contribution is 2.33. The van der Waals surface area contributed by atoms with Crippen molar-refractivity contribution in [2.75, 3.05) is 5.32 Å². The van der Waals surface area contributed by atoms with E-state index in [0.29, 0.717) is 22.8 Å². The van der Waals surface area contributed by atoms with E-state index >= 15 is 0 Å². The molecule has 4 rings (SSSR count). The Morgan fingerprint density at radius 2 is 1.97 bits per heavy atom. The number of anilines is 1. The van der Waals surface area contributed by atoms with E-state index < -0.39 is 0 Å². The minimum absolute atomic E-state index is 0.104. The molecule has 7 heteroatoms. The van der Waals surface area contributed by atoms with Gasteiger partial charge in [-0.15, -0.1) is 0 Å². The maximum atomic E-state index is 12.4. The molecule has 0 radical (unpaired) electrons. The Bertz CT molecular complexity index is 1240. The standard InChI is InChI=1S/C26H22BrN3O2S/c1-2-17-7-10-21(11-8-17)29-26-30-25(31)24(33-26)14-18-9-12-23(22(27)13-18)32-16-20-6-4-3-5-19(20)15-28/h3-14,26,29H,2,16H2,1H3,(H,30,31)/b24-14-/t26-/m1/s1. The van der Waals surface area contributed by atoms with Crippen LogP contribution in [-0.2, 0) is 17.8 Å². The predicted molar refractivity (Wildman–Crippen MR) is 137 cm³/mol. The van der Waals surface area contributed by atoms with Crippen LogP contribution in [0.2, 0.25) is 0 Å². The smallest absolute Gasteiger partial charge is 0.260 e. The maximum Gasteiger partial charge on any atom is 0.260 e. The molecule has 1 atom stereocenters. The van der Waals surface area contributed by atoms with Crippen molar-refractivity contribution < 1.29 is 9.53 Å². The summed E-state index contributed by atoms with van der Waals surface area (Å²) in [5.74, 6) is 0.565. The largest absolute Gasteiger partial charge is 0.488 e. The molecule has 0 spiro atoms. The lowest BCUT2D eigenvalue weighted by Crippen LogP contribution is -2.30. The molecule has 2 N–H and O–H groups in total. The van der Waals surface area contributed by atoms with Crippen LogP contribution in [0.4, 0.5) is 5.69 Å². The molecular weight excluding hydrogens is 498 g/mol. The monoisotopic (exact) mass is 519 g/mol. The molecule has 1 fully saturated rings. The fourth-order valence-electron chi connectivity index (χ4n) is 3.34. The fourth-order valence-corrected chi connectivity index (χ4v) is 4.84. The molecule has 0 aliphatic carbocycles. The summed E-state index contributed by atoms with van der Waals surface area (Å²) in [7, 11) is 0. The Morgan fingerprint density at radius 1 is 1.18 bits per heavy atom. The summed E-state index contributed by atoms with van der Waals surface area (Å²) in [4.78, 5) is 13.1. The summed E-state index contributed by atoms with van der Waals surface area (Å²) in [6.07, 6.45) is 2.86. The van der Waals surface area contributed by atoms with Gasteiger partial charge in [-0.25, -0.2) is 0 Å². The van der Waals surface area contributed by atoms with E-state index in [1.54, 1.807) is 6.07 Å².